The van der Waals surface area contributed by atoms with Crippen molar-refractivity contribution < 1.29 is 8.42 Å². The van der Waals surface area contributed by atoms with Gasteiger partial charge in [0.2, 0.25) is 15.6 Å². The highest BCUT2D eigenvalue weighted by Crippen LogP contribution is 2.57. The molecule has 0 atom stereocenters. The summed E-state index contributed by atoms with van der Waals surface area (Å²) < 4.78 is 30.6. The lowest BCUT2D eigenvalue weighted by Gasteiger charge is -2.39. The SMILES string of the molecule is [C-]#[N+]C12CCC(NS(=O)(=O)c3cccc(-c4c(C)nc5c(N)ncnn45)c3)(C1)C2. The summed E-state index contributed by atoms with van der Waals surface area (Å²) in [6.07, 6.45) is 3.97. The van der Waals surface area contributed by atoms with Gasteiger partial charge < -0.3 is 10.6 Å². The quantitative estimate of drug-likeness (QED) is 0.636. The molecule has 3 aromatic rings. The fourth-order valence-corrected chi connectivity index (χ4v) is 6.25. The molecule has 29 heavy (non-hydrogen) atoms. The van der Waals surface area contributed by atoms with Crippen molar-refractivity contribution in [3.05, 3.63) is 47.7 Å². The molecule has 2 bridgehead atoms. The number of fused-ring (bicyclic) bond motifs is 2. The molecule has 0 aliphatic heterocycles. The van der Waals surface area contributed by atoms with Crippen molar-refractivity contribution in [2.45, 2.75) is 48.6 Å². The molecule has 0 spiro atoms. The minimum absolute atomic E-state index is 0.174. The molecule has 148 valence electrons. The molecule has 0 unspecified atom stereocenters. The number of sulfonamides is 1. The van der Waals surface area contributed by atoms with Crippen LogP contribution in [0.25, 0.3) is 21.7 Å². The van der Waals surface area contributed by atoms with Crippen LogP contribution in [0.3, 0.4) is 0 Å². The Balaban J connectivity index is 1.52. The molecule has 2 aromatic heterocycles. The van der Waals surface area contributed by atoms with Gasteiger partial charge in [-0.3, -0.25) is 0 Å². The number of nitrogens with two attached hydrogens (primary N) is 1. The predicted octanol–water partition coefficient (Wildman–Crippen LogP) is 1.94. The first-order valence-electron chi connectivity index (χ1n) is 9.25. The maximum atomic E-state index is 13.1. The summed E-state index contributed by atoms with van der Waals surface area (Å²) in [6, 6.07) is 6.70. The van der Waals surface area contributed by atoms with Gasteiger partial charge in [-0.15, -0.1) is 0 Å². The zero-order valence-corrected chi connectivity index (χ0v) is 16.6. The minimum atomic E-state index is -3.73. The first-order valence-corrected chi connectivity index (χ1v) is 10.7. The zero-order chi connectivity index (χ0) is 20.4. The topological polar surface area (TPSA) is 120 Å². The van der Waals surface area contributed by atoms with Gasteiger partial charge in [0, 0.05) is 30.4 Å². The Labute approximate surface area is 167 Å². The number of anilines is 1. The van der Waals surface area contributed by atoms with Crippen molar-refractivity contribution >= 4 is 21.5 Å². The molecule has 0 saturated heterocycles. The molecule has 3 aliphatic rings. The first kappa shape index (κ1) is 18.0. The van der Waals surface area contributed by atoms with Crippen LogP contribution in [0, 0.1) is 13.5 Å². The lowest BCUT2D eigenvalue weighted by Crippen LogP contribution is -2.57. The van der Waals surface area contributed by atoms with Gasteiger partial charge in [0.25, 0.3) is 0 Å². The fourth-order valence-electron chi connectivity index (χ4n) is 4.77. The van der Waals surface area contributed by atoms with Gasteiger partial charge in [-0.05, 0) is 25.5 Å². The van der Waals surface area contributed by atoms with E-state index in [-0.39, 0.29) is 16.3 Å². The molecular formula is C19H19N7O2S. The van der Waals surface area contributed by atoms with Gasteiger partial charge in [0.15, 0.2) is 11.5 Å². The van der Waals surface area contributed by atoms with E-state index < -0.39 is 15.6 Å². The van der Waals surface area contributed by atoms with Crippen LogP contribution in [0.4, 0.5) is 5.82 Å². The van der Waals surface area contributed by atoms with Crippen LogP contribution >= 0.6 is 0 Å². The Morgan fingerprint density at radius 2 is 2.10 bits per heavy atom. The summed E-state index contributed by atoms with van der Waals surface area (Å²) in [6.45, 7) is 9.16. The van der Waals surface area contributed by atoms with Gasteiger partial charge >= 0.3 is 0 Å². The molecule has 6 rings (SSSR count). The second kappa shape index (κ2) is 5.75. The van der Waals surface area contributed by atoms with E-state index in [4.69, 9.17) is 12.3 Å². The van der Waals surface area contributed by atoms with Crippen LogP contribution < -0.4 is 10.5 Å². The number of rotatable bonds is 4. The third-order valence-corrected chi connectivity index (χ3v) is 7.61. The number of aromatic nitrogens is 4. The second-order valence-electron chi connectivity index (χ2n) is 8.03. The summed E-state index contributed by atoms with van der Waals surface area (Å²) in [5.41, 5.74) is 7.48. The van der Waals surface area contributed by atoms with Crippen LogP contribution in [0.5, 0.6) is 0 Å². The number of nitrogens with zero attached hydrogens (tertiary/aromatic N) is 5. The number of benzene rings is 1. The Kier molecular flexibility index (Phi) is 3.57. The van der Waals surface area contributed by atoms with Crippen LogP contribution in [-0.2, 0) is 10.0 Å². The molecule has 3 fully saturated rings. The zero-order valence-electron chi connectivity index (χ0n) is 15.8. The summed E-state index contributed by atoms with van der Waals surface area (Å²) in [4.78, 5) is 12.3. The highest BCUT2D eigenvalue weighted by Gasteiger charge is 2.67. The Morgan fingerprint density at radius 3 is 2.83 bits per heavy atom. The molecular weight excluding hydrogens is 390 g/mol. The van der Waals surface area contributed by atoms with Gasteiger partial charge in [0.1, 0.15) is 6.33 Å². The molecule has 2 heterocycles. The van der Waals surface area contributed by atoms with E-state index in [1.54, 1.807) is 22.7 Å². The van der Waals surface area contributed by atoms with E-state index in [0.29, 0.717) is 41.9 Å². The Morgan fingerprint density at radius 1 is 1.31 bits per heavy atom. The molecule has 10 heteroatoms. The number of nitrogen functional groups attached to an aromatic ring is 1. The monoisotopic (exact) mass is 409 g/mol. The van der Waals surface area contributed by atoms with Crippen molar-refractivity contribution in [2.75, 3.05) is 5.73 Å². The molecule has 0 amide bonds. The van der Waals surface area contributed by atoms with Crippen molar-refractivity contribution in [1.82, 2.24) is 24.3 Å². The molecule has 3 N–H and O–H groups in total. The molecule has 0 radical (unpaired) electrons. The van der Waals surface area contributed by atoms with Crippen LogP contribution in [-0.4, -0.2) is 39.1 Å². The minimum Gasteiger partial charge on any atom is -0.381 e. The predicted molar refractivity (Wildman–Crippen MR) is 106 cm³/mol. The van der Waals surface area contributed by atoms with Crippen molar-refractivity contribution in [3.8, 4) is 11.3 Å². The molecule has 3 aliphatic carbocycles. The van der Waals surface area contributed by atoms with Gasteiger partial charge in [-0.25, -0.2) is 34.2 Å². The Hall–Kier alpha value is -3.03. The van der Waals surface area contributed by atoms with Crippen LogP contribution in [0.1, 0.15) is 31.4 Å². The molecule has 3 saturated carbocycles. The summed E-state index contributed by atoms with van der Waals surface area (Å²) in [5, 5.41) is 4.22. The van der Waals surface area contributed by atoms with E-state index in [9.17, 15) is 8.42 Å². The number of nitrogens with one attached hydrogen (secondary N) is 1. The highest BCUT2D eigenvalue weighted by atomic mass is 32.2. The van der Waals surface area contributed by atoms with Crippen LogP contribution in [0.2, 0.25) is 0 Å². The fraction of sp³-hybridized carbons (Fsp3) is 0.368. The van der Waals surface area contributed by atoms with E-state index in [2.05, 4.69) is 24.6 Å². The van der Waals surface area contributed by atoms with Crippen molar-refractivity contribution in [3.63, 3.8) is 0 Å². The van der Waals surface area contributed by atoms with Gasteiger partial charge in [0.05, 0.1) is 16.3 Å². The third-order valence-electron chi connectivity index (χ3n) is 6.03. The third kappa shape index (κ3) is 2.62. The van der Waals surface area contributed by atoms with Crippen molar-refractivity contribution in [2.24, 2.45) is 0 Å². The van der Waals surface area contributed by atoms with E-state index in [1.807, 2.05) is 13.0 Å². The Bertz CT molecular complexity index is 1300. The van der Waals surface area contributed by atoms with E-state index in [0.717, 1.165) is 6.42 Å². The normalized spacial score (nSPS) is 25.7. The highest BCUT2D eigenvalue weighted by molar-refractivity contribution is 7.89. The average molecular weight is 409 g/mol. The number of aryl methyl sites for hydroxylation is 1. The van der Waals surface area contributed by atoms with E-state index >= 15 is 0 Å². The summed E-state index contributed by atoms with van der Waals surface area (Å²) in [5.74, 6) is 0.258. The second-order valence-corrected chi connectivity index (χ2v) is 9.71. The van der Waals surface area contributed by atoms with Crippen molar-refractivity contribution in [1.29, 1.82) is 0 Å². The molecule has 9 nitrogen and oxygen atoms in total. The van der Waals surface area contributed by atoms with E-state index in [1.165, 1.54) is 6.33 Å². The lowest BCUT2D eigenvalue weighted by atomic mass is 9.72. The molecule has 1 aromatic carbocycles. The van der Waals surface area contributed by atoms with Gasteiger partial charge in [-0.2, -0.15) is 5.10 Å². The summed E-state index contributed by atoms with van der Waals surface area (Å²) >= 11 is 0. The lowest BCUT2D eigenvalue weighted by molar-refractivity contribution is 0.218. The van der Waals surface area contributed by atoms with Gasteiger partial charge in [-0.1, -0.05) is 12.1 Å². The average Bonchev–Trinajstić information content (AvgIpc) is 3.31. The van der Waals surface area contributed by atoms with Crippen LogP contribution in [0.15, 0.2) is 35.5 Å². The maximum absolute atomic E-state index is 13.1. The number of hydrogen-bond acceptors (Lipinski definition) is 6. The largest absolute Gasteiger partial charge is 0.381 e. The number of imidazole rings is 1. The smallest absolute Gasteiger partial charge is 0.241 e. The first-order chi connectivity index (χ1) is 13.8. The number of hydrogen-bond donors (Lipinski definition) is 2. The standard InChI is InChI=1S/C19H19N7O2S/c1-12-15(26-17(24-12)16(20)22-11-23-26)13-4-3-5-14(8-13)29(27,28)25-19-7-6-18(9-19,10-19)21-2/h3-5,8,11,25H,6-7,9-10H2,1H3,(H2,20,22,23). The maximum Gasteiger partial charge on any atom is 0.241 e. The summed E-state index contributed by atoms with van der Waals surface area (Å²) in [7, 11) is -3.73.